The van der Waals surface area contributed by atoms with Crippen LogP contribution in [-0.2, 0) is 20.7 Å². The fourth-order valence-corrected chi connectivity index (χ4v) is 5.55. The molecule has 1 aromatic carbocycles. The molecule has 5 atom stereocenters. The number of esters is 1. The van der Waals surface area contributed by atoms with Crippen LogP contribution in [0.4, 0.5) is 0 Å². The molecule has 0 bridgehead atoms. The van der Waals surface area contributed by atoms with Crippen LogP contribution in [0.3, 0.4) is 0 Å². The molecule has 0 spiro atoms. The van der Waals surface area contributed by atoms with Crippen molar-refractivity contribution in [1.82, 2.24) is 9.88 Å². The van der Waals surface area contributed by atoms with Crippen molar-refractivity contribution in [3.05, 3.63) is 41.3 Å². The maximum absolute atomic E-state index is 12.4. The normalized spacial score (nSPS) is 30.9. The third-order valence-corrected chi connectivity index (χ3v) is 6.84. The fourth-order valence-electron chi connectivity index (χ4n) is 5.55. The molecular weight excluding hydrogens is 370 g/mol. The molecule has 1 aromatic heterocycles. The Kier molecular flexibility index (Phi) is 4.07. The number of benzene rings is 1. The van der Waals surface area contributed by atoms with E-state index >= 15 is 0 Å². The van der Waals surface area contributed by atoms with Gasteiger partial charge in [0.25, 0.3) is 0 Å². The van der Waals surface area contributed by atoms with Gasteiger partial charge in [-0.05, 0) is 43.5 Å². The van der Waals surface area contributed by atoms with Crippen LogP contribution in [-0.4, -0.2) is 46.8 Å². The summed E-state index contributed by atoms with van der Waals surface area (Å²) < 4.78 is 10.7. The molecule has 4 heterocycles. The van der Waals surface area contributed by atoms with Crippen molar-refractivity contribution >= 4 is 16.9 Å². The zero-order chi connectivity index (χ0) is 20.3. The lowest BCUT2D eigenvalue weighted by Crippen LogP contribution is -2.57. The summed E-state index contributed by atoms with van der Waals surface area (Å²) in [5, 5.41) is 21.0. The van der Waals surface area contributed by atoms with E-state index in [2.05, 4.69) is 16.0 Å². The molecule has 3 aliphatic heterocycles. The topological polar surface area (TPSA) is 98.6 Å². The Morgan fingerprint density at radius 1 is 1.45 bits per heavy atom. The third kappa shape index (κ3) is 2.56. The smallest absolute Gasteiger partial charge is 0.337 e. The van der Waals surface area contributed by atoms with E-state index in [1.807, 2.05) is 13.0 Å². The van der Waals surface area contributed by atoms with Gasteiger partial charge in [-0.25, -0.2) is 4.79 Å². The molecule has 150 valence electrons. The van der Waals surface area contributed by atoms with E-state index in [0.717, 1.165) is 29.6 Å². The Labute approximate surface area is 168 Å². The van der Waals surface area contributed by atoms with E-state index in [4.69, 9.17) is 9.47 Å². The largest absolute Gasteiger partial charge is 0.508 e. The predicted molar refractivity (Wildman–Crippen MR) is 105 cm³/mol. The quantitative estimate of drug-likeness (QED) is 0.723. The number of nitrogens with zero attached hydrogens (tertiary/aromatic N) is 2. The van der Waals surface area contributed by atoms with E-state index in [-0.39, 0.29) is 35.8 Å². The number of aromatic hydroxyl groups is 1. The molecule has 0 amide bonds. The van der Waals surface area contributed by atoms with E-state index < -0.39 is 5.97 Å². The standard InChI is InChI=1S/C22H23N3O4/c1-11-20-15(16(10-29-11)22(27)28-2)8-18-21-13(5-6-25(18)19(20)9-23)14-7-12(26)3-4-17(14)24-21/h3-4,7,10-11,15,18-20,24,26H,5-6,8H2,1-2H3/t11-,15?,18+,19?,20?/m0/s1. The van der Waals surface area contributed by atoms with Gasteiger partial charge < -0.3 is 19.6 Å². The van der Waals surface area contributed by atoms with Gasteiger partial charge in [0.2, 0.25) is 0 Å². The minimum Gasteiger partial charge on any atom is -0.508 e. The van der Waals surface area contributed by atoms with Crippen LogP contribution < -0.4 is 0 Å². The summed E-state index contributed by atoms with van der Waals surface area (Å²) in [6.07, 6.45) is 2.89. The van der Waals surface area contributed by atoms with Gasteiger partial charge >= 0.3 is 5.97 Å². The van der Waals surface area contributed by atoms with Crippen LogP contribution in [0.15, 0.2) is 30.0 Å². The molecule has 0 saturated carbocycles. The van der Waals surface area contributed by atoms with Gasteiger partial charge in [-0.3, -0.25) is 4.90 Å². The van der Waals surface area contributed by atoms with Crippen molar-refractivity contribution in [1.29, 1.82) is 5.26 Å². The Morgan fingerprint density at radius 2 is 2.28 bits per heavy atom. The number of aromatic amines is 1. The molecule has 5 rings (SSSR count). The molecule has 7 nitrogen and oxygen atoms in total. The molecule has 1 saturated heterocycles. The second-order valence-electron chi connectivity index (χ2n) is 8.15. The Hall–Kier alpha value is -2.98. The number of piperidine rings is 1. The fraction of sp³-hybridized carbons (Fsp3) is 0.455. The number of methoxy groups -OCH3 is 1. The van der Waals surface area contributed by atoms with Crippen LogP contribution >= 0.6 is 0 Å². The number of carbonyl (C=O) groups is 1. The number of hydrogen-bond acceptors (Lipinski definition) is 6. The molecule has 1 fully saturated rings. The third-order valence-electron chi connectivity index (χ3n) is 6.84. The molecule has 2 aromatic rings. The van der Waals surface area contributed by atoms with Crippen molar-refractivity contribution in [2.45, 2.75) is 38.0 Å². The van der Waals surface area contributed by atoms with Crippen molar-refractivity contribution in [3.8, 4) is 11.8 Å². The summed E-state index contributed by atoms with van der Waals surface area (Å²) >= 11 is 0. The summed E-state index contributed by atoms with van der Waals surface area (Å²) in [5.41, 5.74) is 3.76. The number of nitrogens with one attached hydrogen (secondary N) is 1. The summed E-state index contributed by atoms with van der Waals surface area (Å²) in [6.45, 7) is 2.72. The highest BCUT2D eigenvalue weighted by Gasteiger charge is 2.52. The SMILES string of the molecule is COC(=O)C1=CO[C@@H](C)C2C1C[C@@H]1c3[nH]c4ccc(O)cc4c3CCN1C2C#N. The molecule has 2 N–H and O–H groups in total. The second kappa shape index (κ2) is 6.53. The summed E-state index contributed by atoms with van der Waals surface area (Å²) in [7, 11) is 1.37. The number of rotatable bonds is 1. The lowest BCUT2D eigenvalue weighted by Gasteiger charge is -2.51. The van der Waals surface area contributed by atoms with Gasteiger partial charge in [-0.2, -0.15) is 5.26 Å². The van der Waals surface area contributed by atoms with Crippen molar-refractivity contribution in [3.63, 3.8) is 0 Å². The highest BCUT2D eigenvalue weighted by molar-refractivity contribution is 5.89. The number of phenolic OH excluding ortho intramolecular Hbond substituents is 1. The molecule has 0 radical (unpaired) electrons. The highest BCUT2D eigenvalue weighted by Crippen LogP contribution is 2.50. The van der Waals surface area contributed by atoms with Crippen LogP contribution in [0, 0.1) is 23.2 Å². The Bertz CT molecular complexity index is 1070. The maximum Gasteiger partial charge on any atom is 0.337 e. The zero-order valence-electron chi connectivity index (χ0n) is 16.4. The first kappa shape index (κ1) is 18.1. The van der Waals surface area contributed by atoms with Crippen molar-refractivity contribution < 1.29 is 19.4 Å². The second-order valence-corrected chi connectivity index (χ2v) is 8.15. The molecule has 0 aliphatic carbocycles. The first-order valence-corrected chi connectivity index (χ1v) is 9.96. The van der Waals surface area contributed by atoms with Gasteiger partial charge in [0.05, 0.1) is 31.1 Å². The minimum atomic E-state index is -0.394. The molecule has 3 unspecified atom stereocenters. The zero-order valence-corrected chi connectivity index (χ0v) is 16.4. The Balaban J connectivity index is 1.62. The maximum atomic E-state index is 12.4. The molecule has 29 heavy (non-hydrogen) atoms. The highest BCUT2D eigenvalue weighted by atomic mass is 16.5. The monoisotopic (exact) mass is 393 g/mol. The van der Waals surface area contributed by atoms with Crippen LogP contribution in [0.25, 0.3) is 10.9 Å². The number of aromatic nitrogens is 1. The van der Waals surface area contributed by atoms with E-state index in [1.54, 1.807) is 12.1 Å². The first-order chi connectivity index (χ1) is 14.0. The van der Waals surface area contributed by atoms with Crippen molar-refractivity contribution in [2.75, 3.05) is 13.7 Å². The van der Waals surface area contributed by atoms with Gasteiger partial charge in [0.15, 0.2) is 0 Å². The molecular formula is C22H23N3O4. The molecule has 3 aliphatic rings. The van der Waals surface area contributed by atoms with E-state index in [1.165, 1.54) is 18.9 Å². The van der Waals surface area contributed by atoms with Crippen LogP contribution in [0.2, 0.25) is 0 Å². The number of phenols is 1. The number of carbonyl (C=O) groups excluding carboxylic acids is 1. The first-order valence-electron chi connectivity index (χ1n) is 9.96. The Morgan fingerprint density at radius 3 is 3.03 bits per heavy atom. The van der Waals surface area contributed by atoms with E-state index in [9.17, 15) is 15.2 Å². The van der Waals surface area contributed by atoms with Gasteiger partial charge in [-0.15, -0.1) is 0 Å². The summed E-state index contributed by atoms with van der Waals surface area (Å²) in [6, 6.07) is 7.50. The average Bonchev–Trinajstić information content (AvgIpc) is 3.10. The average molecular weight is 393 g/mol. The van der Waals surface area contributed by atoms with Crippen LogP contribution in [0.1, 0.15) is 30.6 Å². The number of H-pyrrole nitrogens is 1. The van der Waals surface area contributed by atoms with Gasteiger partial charge in [-0.1, -0.05) is 0 Å². The number of fused-ring (bicyclic) bond motifs is 6. The summed E-state index contributed by atoms with van der Waals surface area (Å²) in [4.78, 5) is 18.2. The van der Waals surface area contributed by atoms with Gasteiger partial charge in [0, 0.05) is 35.0 Å². The number of ether oxygens (including phenoxy) is 2. The molecule has 7 heteroatoms. The minimum absolute atomic E-state index is 0.00227. The lowest BCUT2D eigenvalue weighted by atomic mass is 9.68. The summed E-state index contributed by atoms with van der Waals surface area (Å²) in [5.74, 6) is -0.350. The van der Waals surface area contributed by atoms with E-state index in [0.29, 0.717) is 12.0 Å². The van der Waals surface area contributed by atoms with Gasteiger partial charge in [0.1, 0.15) is 17.9 Å². The number of nitriles is 1. The lowest BCUT2D eigenvalue weighted by molar-refractivity contribution is -0.139. The van der Waals surface area contributed by atoms with Crippen LogP contribution in [0.5, 0.6) is 5.75 Å². The van der Waals surface area contributed by atoms with Crippen molar-refractivity contribution in [2.24, 2.45) is 11.8 Å². The number of hydrogen-bond donors (Lipinski definition) is 2. The predicted octanol–water partition coefficient (Wildman–Crippen LogP) is 2.78.